The topological polar surface area (TPSA) is 40.5 Å². The first-order valence-corrected chi connectivity index (χ1v) is 6.71. The van der Waals surface area contributed by atoms with Crippen LogP contribution >= 0.6 is 0 Å². The Kier molecular flexibility index (Phi) is 4.04. The molecule has 0 atom stereocenters. The highest BCUT2D eigenvalue weighted by Crippen LogP contribution is 2.38. The molecule has 0 aromatic rings. The standard InChI is InChI=1S/C14H24O2/c1-10(11-2-6-13(15)7-3-11)12-4-8-14(16)9-5-12/h11-16H,1-9H2. The van der Waals surface area contributed by atoms with Crippen molar-refractivity contribution >= 4 is 0 Å². The van der Waals surface area contributed by atoms with Gasteiger partial charge in [0.2, 0.25) is 0 Å². The Hall–Kier alpha value is -0.340. The van der Waals surface area contributed by atoms with Crippen molar-refractivity contribution in [2.24, 2.45) is 11.8 Å². The quantitative estimate of drug-likeness (QED) is 0.708. The van der Waals surface area contributed by atoms with Crippen LogP contribution in [0.4, 0.5) is 0 Å². The minimum absolute atomic E-state index is 0.0720. The van der Waals surface area contributed by atoms with Gasteiger partial charge in [-0.25, -0.2) is 0 Å². The fraction of sp³-hybridized carbons (Fsp3) is 0.857. The molecular weight excluding hydrogens is 200 g/mol. The zero-order valence-corrected chi connectivity index (χ0v) is 10.1. The smallest absolute Gasteiger partial charge is 0.0540 e. The normalized spacial score (nSPS) is 40.6. The Labute approximate surface area is 98.4 Å². The molecule has 0 amide bonds. The average Bonchev–Trinajstić information content (AvgIpc) is 2.30. The van der Waals surface area contributed by atoms with Crippen LogP contribution in [-0.4, -0.2) is 22.4 Å². The van der Waals surface area contributed by atoms with Gasteiger partial charge in [0.1, 0.15) is 0 Å². The van der Waals surface area contributed by atoms with E-state index in [1.54, 1.807) is 0 Å². The van der Waals surface area contributed by atoms with Crippen molar-refractivity contribution in [3.63, 3.8) is 0 Å². The Bertz CT molecular complexity index is 209. The van der Waals surface area contributed by atoms with Crippen molar-refractivity contribution in [3.05, 3.63) is 12.2 Å². The van der Waals surface area contributed by atoms with Crippen LogP contribution in [0, 0.1) is 11.8 Å². The number of aliphatic hydroxyl groups excluding tert-OH is 2. The van der Waals surface area contributed by atoms with Crippen LogP contribution in [0.25, 0.3) is 0 Å². The van der Waals surface area contributed by atoms with Gasteiger partial charge in [0.25, 0.3) is 0 Å². The Morgan fingerprint density at radius 1 is 0.688 bits per heavy atom. The average molecular weight is 224 g/mol. The third kappa shape index (κ3) is 2.86. The first kappa shape index (κ1) is 12.1. The maximum absolute atomic E-state index is 9.49. The summed E-state index contributed by atoms with van der Waals surface area (Å²) in [7, 11) is 0. The van der Waals surface area contributed by atoms with Gasteiger partial charge in [-0.2, -0.15) is 0 Å². The summed E-state index contributed by atoms with van der Waals surface area (Å²) in [6, 6.07) is 0. The summed E-state index contributed by atoms with van der Waals surface area (Å²) in [6.07, 6.45) is 8.07. The minimum atomic E-state index is -0.0720. The van der Waals surface area contributed by atoms with Gasteiger partial charge in [-0.15, -0.1) is 0 Å². The molecule has 2 rings (SSSR count). The summed E-state index contributed by atoms with van der Waals surface area (Å²) in [4.78, 5) is 0. The molecule has 0 aromatic carbocycles. The molecule has 16 heavy (non-hydrogen) atoms. The highest BCUT2D eigenvalue weighted by atomic mass is 16.3. The lowest BCUT2D eigenvalue weighted by atomic mass is 9.73. The molecule has 2 N–H and O–H groups in total. The lowest BCUT2D eigenvalue weighted by molar-refractivity contribution is 0.101. The molecule has 2 nitrogen and oxygen atoms in total. The second kappa shape index (κ2) is 5.33. The van der Waals surface area contributed by atoms with Crippen molar-refractivity contribution in [1.82, 2.24) is 0 Å². The molecule has 0 unspecified atom stereocenters. The van der Waals surface area contributed by atoms with Gasteiger partial charge >= 0.3 is 0 Å². The summed E-state index contributed by atoms with van der Waals surface area (Å²) in [5.74, 6) is 1.26. The molecule has 0 heterocycles. The van der Waals surface area contributed by atoms with E-state index in [1.165, 1.54) is 5.57 Å². The first-order chi connectivity index (χ1) is 7.66. The van der Waals surface area contributed by atoms with E-state index in [1.807, 2.05) is 0 Å². The molecule has 0 bridgehead atoms. The predicted molar refractivity (Wildman–Crippen MR) is 65.1 cm³/mol. The second-order valence-electron chi connectivity index (χ2n) is 5.59. The van der Waals surface area contributed by atoms with Crippen molar-refractivity contribution in [2.75, 3.05) is 0 Å². The number of rotatable bonds is 2. The maximum atomic E-state index is 9.49. The number of allylic oxidation sites excluding steroid dienone is 1. The van der Waals surface area contributed by atoms with Crippen LogP contribution in [0.1, 0.15) is 51.4 Å². The van der Waals surface area contributed by atoms with Gasteiger partial charge in [0, 0.05) is 0 Å². The molecule has 0 aromatic heterocycles. The van der Waals surface area contributed by atoms with Gasteiger partial charge < -0.3 is 10.2 Å². The molecule has 2 heteroatoms. The predicted octanol–water partition coefficient (Wildman–Crippen LogP) is 2.64. The lowest BCUT2D eigenvalue weighted by Crippen LogP contribution is -2.25. The molecular formula is C14H24O2. The van der Waals surface area contributed by atoms with E-state index in [4.69, 9.17) is 0 Å². The van der Waals surface area contributed by atoms with Gasteiger partial charge in [0.05, 0.1) is 12.2 Å². The maximum Gasteiger partial charge on any atom is 0.0540 e. The third-order valence-electron chi connectivity index (χ3n) is 4.44. The molecule has 2 fully saturated rings. The van der Waals surface area contributed by atoms with Gasteiger partial charge in [0.15, 0.2) is 0 Å². The van der Waals surface area contributed by atoms with E-state index >= 15 is 0 Å². The fourth-order valence-electron chi connectivity index (χ4n) is 3.23. The summed E-state index contributed by atoms with van der Waals surface area (Å²) in [5.41, 5.74) is 1.40. The van der Waals surface area contributed by atoms with Gasteiger partial charge in [-0.1, -0.05) is 12.2 Å². The van der Waals surface area contributed by atoms with Gasteiger partial charge in [-0.05, 0) is 63.2 Å². The highest BCUT2D eigenvalue weighted by molar-refractivity contribution is 5.08. The molecule has 2 aliphatic carbocycles. The van der Waals surface area contributed by atoms with Crippen molar-refractivity contribution < 1.29 is 10.2 Å². The number of aliphatic hydroxyl groups is 2. The number of hydrogen-bond donors (Lipinski definition) is 2. The van der Waals surface area contributed by atoms with E-state index in [0.29, 0.717) is 11.8 Å². The molecule has 0 saturated heterocycles. The molecule has 2 aliphatic rings. The Morgan fingerprint density at radius 3 is 1.31 bits per heavy atom. The first-order valence-electron chi connectivity index (χ1n) is 6.71. The summed E-state index contributed by atoms with van der Waals surface area (Å²) < 4.78 is 0. The van der Waals surface area contributed by atoms with Crippen LogP contribution in [0.5, 0.6) is 0 Å². The summed E-state index contributed by atoms with van der Waals surface area (Å²) >= 11 is 0. The van der Waals surface area contributed by atoms with E-state index in [9.17, 15) is 10.2 Å². The van der Waals surface area contributed by atoms with Crippen molar-refractivity contribution in [2.45, 2.75) is 63.6 Å². The van der Waals surface area contributed by atoms with E-state index in [-0.39, 0.29) is 12.2 Å². The van der Waals surface area contributed by atoms with E-state index in [2.05, 4.69) is 6.58 Å². The van der Waals surface area contributed by atoms with Gasteiger partial charge in [-0.3, -0.25) is 0 Å². The molecule has 0 spiro atoms. The second-order valence-corrected chi connectivity index (χ2v) is 5.59. The SMILES string of the molecule is C=C(C1CCC(O)CC1)C1CCC(O)CC1. The zero-order valence-electron chi connectivity index (χ0n) is 10.1. The largest absolute Gasteiger partial charge is 0.393 e. The monoisotopic (exact) mass is 224 g/mol. The van der Waals surface area contributed by atoms with Crippen LogP contribution in [0.2, 0.25) is 0 Å². The van der Waals surface area contributed by atoms with Crippen LogP contribution in [-0.2, 0) is 0 Å². The van der Waals surface area contributed by atoms with Crippen LogP contribution < -0.4 is 0 Å². The number of hydrogen-bond acceptors (Lipinski definition) is 2. The van der Waals surface area contributed by atoms with Crippen molar-refractivity contribution in [1.29, 1.82) is 0 Å². The molecule has 0 aliphatic heterocycles. The van der Waals surface area contributed by atoms with Crippen LogP contribution in [0.15, 0.2) is 12.2 Å². The summed E-state index contributed by atoms with van der Waals surface area (Å²) in [5, 5.41) is 19.0. The fourth-order valence-corrected chi connectivity index (χ4v) is 3.23. The Morgan fingerprint density at radius 2 is 1.00 bits per heavy atom. The Balaban J connectivity index is 1.83. The highest BCUT2D eigenvalue weighted by Gasteiger charge is 2.28. The minimum Gasteiger partial charge on any atom is -0.393 e. The lowest BCUT2D eigenvalue weighted by Gasteiger charge is -2.34. The molecule has 0 radical (unpaired) electrons. The summed E-state index contributed by atoms with van der Waals surface area (Å²) in [6.45, 7) is 4.29. The van der Waals surface area contributed by atoms with E-state index in [0.717, 1.165) is 51.4 Å². The molecule has 2 saturated carbocycles. The van der Waals surface area contributed by atoms with Crippen molar-refractivity contribution in [3.8, 4) is 0 Å². The van der Waals surface area contributed by atoms with E-state index < -0.39 is 0 Å². The molecule has 92 valence electrons. The zero-order chi connectivity index (χ0) is 11.5. The third-order valence-corrected chi connectivity index (χ3v) is 4.44. The van der Waals surface area contributed by atoms with Crippen LogP contribution in [0.3, 0.4) is 0 Å².